The summed E-state index contributed by atoms with van der Waals surface area (Å²) in [7, 11) is 0. The second-order valence-electron chi connectivity index (χ2n) is 6.51. The number of likely N-dealkylation sites (N-methyl/N-ethyl adjacent to an activating group) is 1. The van der Waals surface area contributed by atoms with Crippen molar-refractivity contribution in [2.75, 3.05) is 17.2 Å². The van der Waals surface area contributed by atoms with Gasteiger partial charge in [-0.3, -0.25) is 19.1 Å². The van der Waals surface area contributed by atoms with E-state index in [4.69, 9.17) is 5.73 Å². The summed E-state index contributed by atoms with van der Waals surface area (Å²) in [6, 6.07) is 4.42. The summed E-state index contributed by atoms with van der Waals surface area (Å²) in [5.74, 6) is -0.754. The van der Waals surface area contributed by atoms with Crippen molar-refractivity contribution in [3.63, 3.8) is 0 Å². The summed E-state index contributed by atoms with van der Waals surface area (Å²) in [5.41, 5.74) is 3.63. The number of aromatic amines is 1. The molecule has 0 spiro atoms. The summed E-state index contributed by atoms with van der Waals surface area (Å²) < 4.78 is 39.9. The van der Waals surface area contributed by atoms with Crippen LogP contribution >= 0.6 is 0 Å². The van der Waals surface area contributed by atoms with E-state index in [1.54, 1.807) is 6.92 Å². The molecule has 29 heavy (non-hydrogen) atoms. The van der Waals surface area contributed by atoms with E-state index >= 15 is 0 Å². The average Bonchev–Trinajstić information content (AvgIpc) is 2.64. The molecular formula is C19H23F3N4O3. The predicted molar refractivity (Wildman–Crippen MR) is 104 cm³/mol. The van der Waals surface area contributed by atoms with Crippen molar-refractivity contribution in [3.8, 4) is 0 Å². The van der Waals surface area contributed by atoms with Gasteiger partial charge in [-0.2, -0.15) is 13.2 Å². The summed E-state index contributed by atoms with van der Waals surface area (Å²) >= 11 is 0. The van der Waals surface area contributed by atoms with Gasteiger partial charge in [-0.1, -0.05) is 31.5 Å². The van der Waals surface area contributed by atoms with Crippen molar-refractivity contribution < 1.29 is 18.0 Å². The Labute approximate surface area is 165 Å². The standard InChI is InChI=1S/C19H23F3N4O3/c1-3-5-9-26-16(23)15(17(28)24-18(26)29)25(4-2)14(27)11-12-7-6-8-13(10-12)19(20,21)22/h6-8,10H,3-5,9,11,23H2,1-2H3,(H,24,28,29). The molecule has 158 valence electrons. The number of carbonyl (C=O) groups excluding carboxylic acids is 1. The number of unbranched alkanes of at least 4 members (excludes halogenated alkanes) is 1. The number of hydrogen-bond donors (Lipinski definition) is 2. The van der Waals surface area contributed by atoms with Crippen LogP contribution in [0.15, 0.2) is 33.9 Å². The van der Waals surface area contributed by atoms with Crippen LogP contribution in [-0.2, 0) is 23.9 Å². The minimum Gasteiger partial charge on any atom is -0.383 e. The lowest BCUT2D eigenvalue weighted by molar-refractivity contribution is -0.137. The van der Waals surface area contributed by atoms with Gasteiger partial charge in [0.2, 0.25) is 5.91 Å². The van der Waals surface area contributed by atoms with Crippen molar-refractivity contribution in [2.45, 2.75) is 45.8 Å². The van der Waals surface area contributed by atoms with Crippen LogP contribution in [0.5, 0.6) is 0 Å². The number of nitrogens with one attached hydrogen (secondary N) is 1. The minimum atomic E-state index is -4.53. The zero-order valence-electron chi connectivity index (χ0n) is 16.2. The Morgan fingerprint density at radius 2 is 1.93 bits per heavy atom. The highest BCUT2D eigenvalue weighted by Gasteiger charge is 2.31. The van der Waals surface area contributed by atoms with Crippen molar-refractivity contribution in [1.29, 1.82) is 0 Å². The van der Waals surface area contributed by atoms with Crippen LogP contribution in [0.4, 0.5) is 24.7 Å². The van der Waals surface area contributed by atoms with Gasteiger partial charge in [-0.15, -0.1) is 0 Å². The van der Waals surface area contributed by atoms with E-state index in [-0.39, 0.29) is 36.6 Å². The summed E-state index contributed by atoms with van der Waals surface area (Å²) in [6.45, 7) is 3.84. The molecule has 1 aromatic carbocycles. The highest BCUT2D eigenvalue weighted by Crippen LogP contribution is 2.29. The first kappa shape index (κ1) is 22.3. The Kier molecular flexibility index (Phi) is 6.89. The van der Waals surface area contributed by atoms with Gasteiger partial charge < -0.3 is 10.6 Å². The summed E-state index contributed by atoms with van der Waals surface area (Å²) in [6.07, 6.45) is -3.46. The fourth-order valence-corrected chi connectivity index (χ4v) is 2.96. The zero-order valence-corrected chi connectivity index (χ0v) is 16.2. The number of anilines is 2. The fourth-order valence-electron chi connectivity index (χ4n) is 2.96. The number of hydrogen-bond acceptors (Lipinski definition) is 4. The third kappa shape index (κ3) is 5.07. The van der Waals surface area contributed by atoms with E-state index < -0.39 is 28.9 Å². The van der Waals surface area contributed by atoms with Crippen LogP contribution in [0.25, 0.3) is 0 Å². The molecule has 1 amide bonds. The fraction of sp³-hybridized carbons (Fsp3) is 0.421. The monoisotopic (exact) mass is 412 g/mol. The Morgan fingerprint density at radius 3 is 2.52 bits per heavy atom. The maximum absolute atomic E-state index is 12.9. The van der Waals surface area contributed by atoms with E-state index in [0.29, 0.717) is 6.42 Å². The molecule has 1 heterocycles. The van der Waals surface area contributed by atoms with Crippen LogP contribution in [-0.4, -0.2) is 22.0 Å². The van der Waals surface area contributed by atoms with Gasteiger partial charge in [-0.05, 0) is 25.0 Å². The molecule has 7 nitrogen and oxygen atoms in total. The molecule has 0 atom stereocenters. The maximum atomic E-state index is 12.9. The first-order valence-electron chi connectivity index (χ1n) is 9.19. The highest BCUT2D eigenvalue weighted by molar-refractivity contribution is 5.96. The number of benzene rings is 1. The molecule has 3 N–H and O–H groups in total. The van der Waals surface area contributed by atoms with Gasteiger partial charge in [0.05, 0.1) is 12.0 Å². The summed E-state index contributed by atoms with van der Waals surface area (Å²) in [4.78, 5) is 40.4. The minimum absolute atomic E-state index is 0.0526. The van der Waals surface area contributed by atoms with Crippen LogP contribution < -0.4 is 21.9 Å². The number of nitrogens with zero attached hydrogens (tertiary/aromatic N) is 2. The number of H-pyrrole nitrogens is 1. The Morgan fingerprint density at radius 1 is 1.24 bits per heavy atom. The SMILES string of the molecule is CCCCn1c(N)c(N(CC)C(=O)Cc2cccc(C(F)(F)F)c2)c(=O)[nH]c1=O. The first-order valence-corrected chi connectivity index (χ1v) is 9.19. The molecule has 1 aromatic heterocycles. The molecule has 2 aromatic rings. The second kappa shape index (κ2) is 8.97. The van der Waals surface area contributed by atoms with E-state index in [2.05, 4.69) is 4.98 Å². The molecule has 10 heteroatoms. The van der Waals surface area contributed by atoms with Crippen molar-refractivity contribution >= 4 is 17.4 Å². The zero-order chi connectivity index (χ0) is 21.8. The molecule has 2 rings (SSSR count). The largest absolute Gasteiger partial charge is 0.416 e. The topological polar surface area (TPSA) is 101 Å². The van der Waals surface area contributed by atoms with E-state index in [1.807, 2.05) is 6.92 Å². The van der Waals surface area contributed by atoms with Gasteiger partial charge in [-0.25, -0.2) is 4.79 Å². The Hall–Kier alpha value is -3.04. The van der Waals surface area contributed by atoms with E-state index in [0.717, 1.165) is 23.5 Å². The van der Waals surface area contributed by atoms with E-state index in [1.165, 1.54) is 16.7 Å². The lowest BCUT2D eigenvalue weighted by Crippen LogP contribution is -2.41. The second-order valence-corrected chi connectivity index (χ2v) is 6.51. The molecule has 0 fully saturated rings. The molecule has 0 aliphatic rings. The van der Waals surface area contributed by atoms with Gasteiger partial charge in [0.25, 0.3) is 5.56 Å². The van der Waals surface area contributed by atoms with Gasteiger partial charge in [0.1, 0.15) is 5.82 Å². The maximum Gasteiger partial charge on any atom is 0.416 e. The lowest BCUT2D eigenvalue weighted by Gasteiger charge is -2.23. The number of amides is 1. The smallest absolute Gasteiger partial charge is 0.383 e. The molecule has 0 unspecified atom stereocenters. The normalized spacial score (nSPS) is 11.5. The van der Waals surface area contributed by atoms with Gasteiger partial charge >= 0.3 is 11.9 Å². The number of halogens is 3. The number of alkyl halides is 3. The predicted octanol–water partition coefficient (Wildman–Crippen LogP) is 2.53. The highest BCUT2D eigenvalue weighted by atomic mass is 19.4. The molecule has 0 saturated heterocycles. The van der Waals surface area contributed by atoms with Crippen molar-refractivity contribution in [2.24, 2.45) is 0 Å². The molecular weight excluding hydrogens is 389 g/mol. The first-order chi connectivity index (χ1) is 13.6. The third-order valence-electron chi connectivity index (χ3n) is 4.45. The lowest BCUT2D eigenvalue weighted by atomic mass is 10.1. The van der Waals surface area contributed by atoms with Gasteiger partial charge in [0.15, 0.2) is 5.69 Å². The molecule has 0 bridgehead atoms. The average molecular weight is 412 g/mol. The third-order valence-corrected chi connectivity index (χ3v) is 4.45. The van der Waals surface area contributed by atoms with Crippen LogP contribution in [0.3, 0.4) is 0 Å². The number of aromatic nitrogens is 2. The van der Waals surface area contributed by atoms with Crippen molar-refractivity contribution in [1.82, 2.24) is 9.55 Å². The van der Waals surface area contributed by atoms with E-state index in [9.17, 15) is 27.6 Å². The van der Waals surface area contributed by atoms with Crippen LogP contribution in [0, 0.1) is 0 Å². The molecule has 0 saturated carbocycles. The molecule has 0 aliphatic carbocycles. The quantitative estimate of drug-likeness (QED) is 0.730. The number of nitrogens with two attached hydrogens (primary N) is 1. The van der Waals surface area contributed by atoms with Crippen LogP contribution in [0.2, 0.25) is 0 Å². The summed E-state index contributed by atoms with van der Waals surface area (Å²) in [5, 5.41) is 0. The van der Waals surface area contributed by atoms with Crippen LogP contribution in [0.1, 0.15) is 37.8 Å². The Balaban J connectivity index is 2.40. The molecule has 0 aliphatic heterocycles. The number of carbonyl (C=O) groups is 1. The number of nitrogen functional groups attached to an aromatic ring is 1. The number of rotatable bonds is 7. The van der Waals surface area contributed by atoms with Crippen molar-refractivity contribution in [3.05, 3.63) is 56.2 Å². The van der Waals surface area contributed by atoms with Gasteiger partial charge in [0, 0.05) is 13.1 Å². The Bertz CT molecular complexity index is 995. The molecule has 0 radical (unpaired) electrons.